The number of hydrogen-bond donors (Lipinski definition) is 0. The molecule has 26 heavy (non-hydrogen) atoms. The van der Waals surface area contributed by atoms with Gasteiger partial charge in [0.1, 0.15) is 0 Å². The molecule has 0 aromatic heterocycles. The van der Waals surface area contributed by atoms with Gasteiger partial charge in [-0.3, -0.25) is 4.90 Å². The minimum Gasteiger partial charge on any atom is -0.297 e. The Balaban J connectivity index is 0.00000625. The van der Waals surface area contributed by atoms with Gasteiger partial charge in [-0.15, -0.1) is 17.0 Å². The van der Waals surface area contributed by atoms with Crippen molar-refractivity contribution >= 4 is 17.0 Å². The molecule has 0 heterocycles. The summed E-state index contributed by atoms with van der Waals surface area (Å²) in [5.74, 6) is 0. The Morgan fingerprint density at radius 1 is 0.654 bits per heavy atom. The Morgan fingerprint density at radius 3 is 1.54 bits per heavy atom. The van der Waals surface area contributed by atoms with Crippen LogP contribution in [-0.4, -0.2) is 18.0 Å². The van der Waals surface area contributed by atoms with Crippen LogP contribution in [0.1, 0.15) is 109 Å². The van der Waals surface area contributed by atoms with Crippen LogP contribution in [0.4, 0.5) is 0 Å². The summed E-state index contributed by atoms with van der Waals surface area (Å²) in [5, 5.41) is 0. The van der Waals surface area contributed by atoms with Gasteiger partial charge in [0.25, 0.3) is 0 Å². The molecule has 1 unspecified atom stereocenters. The number of hydrogen-bond acceptors (Lipinski definition) is 1. The van der Waals surface area contributed by atoms with Gasteiger partial charge in [-0.05, 0) is 38.4 Å². The summed E-state index contributed by atoms with van der Waals surface area (Å²) >= 11 is 0. The van der Waals surface area contributed by atoms with Gasteiger partial charge >= 0.3 is 0 Å². The number of unbranched alkanes of at least 4 members (excludes halogenated alkanes) is 10. The van der Waals surface area contributed by atoms with Crippen LogP contribution in [0.5, 0.6) is 0 Å². The van der Waals surface area contributed by atoms with Gasteiger partial charge in [0.15, 0.2) is 0 Å². The predicted octanol–water partition coefficient (Wildman–Crippen LogP) is 8.35. The molecule has 1 rings (SSSR count). The van der Waals surface area contributed by atoms with Crippen molar-refractivity contribution in [3.05, 3.63) is 35.9 Å². The zero-order chi connectivity index (χ0) is 18.2. The number of nitrogens with zero attached hydrogens (tertiary/aromatic N) is 1. The lowest BCUT2D eigenvalue weighted by Crippen LogP contribution is -2.29. The third kappa shape index (κ3) is 12.1. The van der Waals surface area contributed by atoms with Crippen LogP contribution >= 0.6 is 17.0 Å². The fourth-order valence-corrected chi connectivity index (χ4v) is 3.63. The highest BCUT2D eigenvalue weighted by molar-refractivity contribution is 8.93. The second-order valence-electron chi connectivity index (χ2n) is 7.66. The minimum absolute atomic E-state index is 0. The van der Waals surface area contributed by atoms with Crippen molar-refractivity contribution in [1.29, 1.82) is 0 Å². The van der Waals surface area contributed by atoms with Gasteiger partial charge in [-0.25, -0.2) is 0 Å². The summed E-state index contributed by atoms with van der Waals surface area (Å²) in [6.07, 6.45) is 16.7. The molecule has 0 aliphatic heterocycles. The molecular weight excluding hydrogens is 382 g/mol. The molecule has 0 radical (unpaired) electrons. The van der Waals surface area contributed by atoms with E-state index < -0.39 is 0 Å². The summed E-state index contributed by atoms with van der Waals surface area (Å²) < 4.78 is 0. The quantitative estimate of drug-likeness (QED) is 0.240. The third-order valence-corrected chi connectivity index (χ3v) is 5.43. The normalized spacial score (nSPS) is 12.2. The van der Waals surface area contributed by atoms with Gasteiger partial charge < -0.3 is 0 Å². The van der Waals surface area contributed by atoms with E-state index in [2.05, 4.69) is 56.0 Å². The predicted molar refractivity (Wildman–Crippen MR) is 124 cm³/mol. The van der Waals surface area contributed by atoms with E-state index in [1.807, 2.05) is 0 Å². The van der Waals surface area contributed by atoms with E-state index in [1.54, 1.807) is 0 Å². The molecule has 1 atom stereocenters. The van der Waals surface area contributed by atoms with Crippen molar-refractivity contribution in [3.63, 3.8) is 0 Å². The van der Waals surface area contributed by atoms with Crippen LogP contribution in [0.25, 0.3) is 0 Å². The lowest BCUT2D eigenvalue weighted by Gasteiger charge is -2.29. The fraction of sp³-hybridized carbons (Fsp3) is 0.750. The second kappa shape index (κ2) is 18.0. The minimum atomic E-state index is 0. The summed E-state index contributed by atoms with van der Waals surface area (Å²) in [7, 11) is 0. The van der Waals surface area contributed by atoms with Crippen LogP contribution in [0.2, 0.25) is 0 Å². The van der Waals surface area contributed by atoms with E-state index >= 15 is 0 Å². The summed E-state index contributed by atoms with van der Waals surface area (Å²) in [5.41, 5.74) is 1.47. The van der Waals surface area contributed by atoms with E-state index in [1.165, 1.54) is 95.7 Å². The standard InChI is InChI=1S/C24H43N.BrH/c1-4-6-8-10-12-17-21-25(22-18-13-11-9-7-5-2)23(3)24-19-15-14-16-20-24;/h14-16,19-20,23H,4-13,17-18,21-22H2,1-3H3;1H. The number of rotatable bonds is 16. The van der Waals surface area contributed by atoms with Gasteiger partial charge in [0.05, 0.1) is 0 Å². The molecule has 0 fully saturated rings. The molecule has 0 N–H and O–H groups in total. The highest BCUT2D eigenvalue weighted by Crippen LogP contribution is 2.22. The van der Waals surface area contributed by atoms with E-state index in [4.69, 9.17) is 0 Å². The van der Waals surface area contributed by atoms with E-state index in [9.17, 15) is 0 Å². The maximum atomic E-state index is 2.73. The van der Waals surface area contributed by atoms with Crippen LogP contribution in [0, 0.1) is 0 Å². The second-order valence-corrected chi connectivity index (χ2v) is 7.66. The van der Waals surface area contributed by atoms with Crippen molar-refractivity contribution in [1.82, 2.24) is 4.90 Å². The van der Waals surface area contributed by atoms with Gasteiger partial charge in [-0.1, -0.05) is 108 Å². The zero-order valence-electron chi connectivity index (χ0n) is 17.7. The van der Waals surface area contributed by atoms with Crippen LogP contribution < -0.4 is 0 Å². The molecule has 0 amide bonds. The molecule has 1 nitrogen and oxygen atoms in total. The Bertz CT molecular complexity index is 376. The summed E-state index contributed by atoms with van der Waals surface area (Å²) in [6, 6.07) is 11.6. The third-order valence-electron chi connectivity index (χ3n) is 5.43. The lowest BCUT2D eigenvalue weighted by atomic mass is 10.0. The van der Waals surface area contributed by atoms with Crippen LogP contribution in [0.15, 0.2) is 30.3 Å². The van der Waals surface area contributed by atoms with E-state index in [0.29, 0.717) is 6.04 Å². The smallest absolute Gasteiger partial charge is 0.0319 e. The molecule has 1 aromatic rings. The van der Waals surface area contributed by atoms with E-state index in [0.717, 1.165) is 0 Å². The SMILES string of the molecule is Br.CCCCCCCCN(CCCCCCCC)C(C)c1ccccc1. The monoisotopic (exact) mass is 425 g/mol. The molecule has 0 saturated heterocycles. The van der Waals surface area contributed by atoms with E-state index in [-0.39, 0.29) is 17.0 Å². The average Bonchev–Trinajstić information content (AvgIpc) is 2.65. The molecule has 0 aliphatic rings. The maximum Gasteiger partial charge on any atom is 0.0319 e. The first-order chi connectivity index (χ1) is 12.3. The zero-order valence-corrected chi connectivity index (χ0v) is 19.4. The molecule has 2 heteroatoms. The highest BCUT2D eigenvalue weighted by Gasteiger charge is 2.14. The first-order valence-corrected chi connectivity index (χ1v) is 11.1. The van der Waals surface area contributed by atoms with Crippen molar-refractivity contribution in [2.45, 2.75) is 104 Å². The molecule has 0 bridgehead atoms. The Kier molecular flexibility index (Phi) is 17.8. The Hall–Kier alpha value is -0.340. The molecule has 0 saturated carbocycles. The lowest BCUT2D eigenvalue weighted by molar-refractivity contribution is 0.201. The largest absolute Gasteiger partial charge is 0.297 e. The first kappa shape index (κ1) is 25.7. The first-order valence-electron chi connectivity index (χ1n) is 11.1. The summed E-state index contributed by atoms with van der Waals surface area (Å²) in [4.78, 5) is 2.73. The average molecular weight is 427 g/mol. The number of halogens is 1. The topological polar surface area (TPSA) is 3.24 Å². The van der Waals surface area contributed by atoms with Crippen LogP contribution in [0.3, 0.4) is 0 Å². The Morgan fingerprint density at radius 2 is 1.08 bits per heavy atom. The van der Waals surface area contributed by atoms with Crippen molar-refractivity contribution in [3.8, 4) is 0 Å². The van der Waals surface area contributed by atoms with Crippen LogP contribution in [-0.2, 0) is 0 Å². The molecule has 0 spiro atoms. The fourth-order valence-electron chi connectivity index (χ4n) is 3.63. The summed E-state index contributed by atoms with van der Waals surface area (Å²) in [6.45, 7) is 9.51. The van der Waals surface area contributed by atoms with Crippen molar-refractivity contribution in [2.24, 2.45) is 0 Å². The van der Waals surface area contributed by atoms with Gasteiger partial charge in [0.2, 0.25) is 0 Å². The Labute approximate surface area is 174 Å². The molecular formula is C24H44BrN. The number of benzene rings is 1. The maximum absolute atomic E-state index is 2.73. The van der Waals surface area contributed by atoms with Gasteiger partial charge in [-0.2, -0.15) is 0 Å². The van der Waals surface area contributed by atoms with Crippen molar-refractivity contribution in [2.75, 3.05) is 13.1 Å². The highest BCUT2D eigenvalue weighted by atomic mass is 79.9. The van der Waals surface area contributed by atoms with Crippen molar-refractivity contribution < 1.29 is 0 Å². The van der Waals surface area contributed by atoms with Gasteiger partial charge in [0, 0.05) is 6.04 Å². The molecule has 152 valence electrons. The molecule has 0 aliphatic carbocycles. The molecule has 1 aromatic carbocycles.